The van der Waals surface area contributed by atoms with Crippen LogP contribution in [-0.4, -0.2) is 29.1 Å². The van der Waals surface area contributed by atoms with Gasteiger partial charge in [0.25, 0.3) is 0 Å². The Labute approximate surface area is 57.6 Å². The molecule has 50 valence electrons. The molecule has 0 N–H and O–H groups in total. The number of halogens is 1. The van der Waals surface area contributed by atoms with Crippen molar-refractivity contribution in [3.05, 3.63) is 0 Å². The van der Waals surface area contributed by atoms with E-state index in [4.69, 9.17) is 11.6 Å². The average Bonchev–Trinajstić information content (AvgIpc) is 2.15. The summed E-state index contributed by atoms with van der Waals surface area (Å²) in [7, 11) is 0. The SMILES string of the molecule is O=CN1CCC(Cl)C1=O. The summed E-state index contributed by atoms with van der Waals surface area (Å²) in [5.41, 5.74) is 0. The minimum atomic E-state index is -0.477. The Hall–Kier alpha value is -0.570. The van der Waals surface area contributed by atoms with Crippen LogP contribution in [0.3, 0.4) is 0 Å². The lowest BCUT2D eigenvalue weighted by molar-refractivity contribution is -0.134. The van der Waals surface area contributed by atoms with Crippen molar-refractivity contribution >= 4 is 23.9 Å². The van der Waals surface area contributed by atoms with E-state index in [1.54, 1.807) is 0 Å². The minimum absolute atomic E-state index is 0.272. The molecule has 0 aromatic heterocycles. The zero-order valence-corrected chi connectivity index (χ0v) is 5.47. The zero-order valence-electron chi connectivity index (χ0n) is 4.71. The molecule has 0 saturated carbocycles. The van der Waals surface area contributed by atoms with Crippen LogP contribution < -0.4 is 0 Å². The van der Waals surface area contributed by atoms with E-state index < -0.39 is 5.38 Å². The maximum absolute atomic E-state index is 10.7. The van der Waals surface area contributed by atoms with Crippen molar-refractivity contribution < 1.29 is 9.59 Å². The molecule has 0 spiro atoms. The number of carbonyl (C=O) groups excluding carboxylic acids is 2. The summed E-state index contributed by atoms with van der Waals surface area (Å²) in [5, 5.41) is -0.477. The smallest absolute Gasteiger partial charge is 0.247 e. The molecule has 1 aliphatic rings. The van der Waals surface area contributed by atoms with Crippen LogP contribution in [-0.2, 0) is 9.59 Å². The number of hydrogen-bond donors (Lipinski definition) is 0. The van der Waals surface area contributed by atoms with Crippen molar-refractivity contribution in [2.24, 2.45) is 0 Å². The molecule has 0 aromatic carbocycles. The van der Waals surface area contributed by atoms with Gasteiger partial charge in [-0.05, 0) is 6.42 Å². The molecule has 0 radical (unpaired) electrons. The van der Waals surface area contributed by atoms with Gasteiger partial charge in [-0.1, -0.05) is 0 Å². The third kappa shape index (κ3) is 1.05. The van der Waals surface area contributed by atoms with E-state index in [9.17, 15) is 9.59 Å². The lowest BCUT2D eigenvalue weighted by atomic mass is 10.4. The van der Waals surface area contributed by atoms with E-state index in [0.717, 1.165) is 4.90 Å². The Morgan fingerprint density at radius 1 is 1.78 bits per heavy atom. The predicted octanol–water partition coefficient (Wildman–Crippen LogP) is -0.0175. The highest BCUT2D eigenvalue weighted by Gasteiger charge is 2.28. The molecule has 0 bridgehead atoms. The van der Waals surface area contributed by atoms with E-state index >= 15 is 0 Å². The van der Waals surface area contributed by atoms with Gasteiger partial charge in [0, 0.05) is 6.54 Å². The fourth-order valence-electron chi connectivity index (χ4n) is 0.771. The van der Waals surface area contributed by atoms with Crippen LogP contribution in [0.25, 0.3) is 0 Å². The standard InChI is InChI=1S/C5H6ClNO2/c6-4-1-2-7(3-8)5(4)9/h3-4H,1-2H2. The largest absolute Gasteiger partial charge is 0.284 e. The first kappa shape index (κ1) is 6.55. The molecule has 1 saturated heterocycles. The van der Waals surface area contributed by atoms with Crippen molar-refractivity contribution in [1.29, 1.82) is 0 Å². The maximum Gasteiger partial charge on any atom is 0.247 e. The predicted molar refractivity (Wildman–Crippen MR) is 32.0 cm³/mol. The topological polar surface area (TPSA) is 37.4 Å². The Bertz CT molecular complexity index is 148. The number of imide groups is 1. The highest BCUT2D eigenvalue weighted by molar-refractivity contribution is 6.32. The van der Waals surface area contributed by atoms with Gasteiger partial charge in [-0.25, -0.2) is 0 Å². The van der Waals surface area contributed by atoms with Crippen LogP contribution in [0.5, 0.6) is 0 Å². The number of likely N-dealkylation sites (tertiary alicyclic amines) is 1. The molecular weight excluding hydrogens is 142 g/mol. The molecule has 0 aliphatic carbocycles. The first-order valence-electron chi connectivity index (χ1n) is 2.65. The van der Waals surface area contributed by atoms with E-state index in [-0.39, 0.29) is 5.91 Å². The van der Waals surface area contributed by atoms with Crippen molar-refractivity contribution in [2.45, 2.75) is 11.8 Å². The van der Waals surface area contributed by atoms with Crippen LogP contribution >= 0.6 is 11.6 Å². The normalized spacial score (nSPS) is 27.0. The molecule has 1 heterocycles. The molecule has 1 rings (SSSR count). The summed E-state index contributed by atoms with van der Waals surface area (Å²) < 4.78 is 0. The van der Waals surface area contributed by atoms with Gasteiger partial charge < -0.3 is 0 Å². The minimum Gasteiger partial charge on any atom is -0.284 e. The molecule has 1 aliphatic heterocycles. The number of nitrogens with zero attached hydrogens (tertiary/aromatic N) is 1. The third-order valence-electron chi connectivity index (χ3n) is 1.30. The van der Waals surface area contributed by atoms with Crippen molar-refractivity contribution in [3.8, 4) is 0 Å². The van der Waals surface area contributed by atoms with Crippen molar-refractivity contribution in [3.63, 3.8) is 0 Å². The number of rotatable bonds is 1. The lowest BCUT2D eigenvalue weighted by Crippen LogP contribution is -2.25. The molecule has 0 aromatic rings. The summed E-state index contributed by atoms with van der Waals surface area (Å²) in [4.78, 5) is 21.8. The van der Waals surface area contributed by atoms with Gasteiger partial charge in [0.1, 0.15) is 5.38 Å². The molecule has 4 heteroatoms. The van der Waals surface area contributed by atoms with Crippen LogP contribution in [0.1, 0.15) is 6.42 Å². The summed E-state index contributed by atoms with van der Waals surface area (Å²) in [5.74, 6) is -0.272. The van der Waals surface area contributed by atoms with Gasteiger partial charge in [-0.15, -0.1) is 11.6 Å². The van der Waals surface area contributed by atoms with Gasteiger partial charge in [0.15, 0.2) is 0 Å². The van der Waals surface area contributed by atoms with E-state index in [1.807, 2.05) is 0 Å². The average molecular weight is 148 g/mol. The van der Waals surface area contributed by atoms with Crippen LogP contribution in [0.2, 0.25) is 0 Å². The van der Waals surface area contributed by atoms with Crippen molar-refractivity contribution in [1.82, 2.24) is 4.90 Å². The summed E-state index contributed by atoms with van der Waals surface area (Å²) >= 11 is 5.49. The first-order valence-corrected chi connectivity index (χ1v) is 3.09. The molecule has 1 fully saturated rings. The zero-order chi connectivity index (χ0) is 6.85. The molecule has 9 heavy (non-hydrogen) atoms. The van der Waals surface area contributed by atoms with E-state index in [2.05, 4.69) is 0 Å². The fourth-order valence-corrected chi connectivity index (χ4v) is 0.994. The maximum atomic E-state index is 10.7. The van der Waals surface area contributed by atoms with Crippen LogP contribution in [0.15, 0.2) is 0 Å². The summed E-state index contributed by atoms with van der Waals surface area (Å²) in [6.45, 7) is 0.469. The van der Waals surface area contributed by atoms with Gasteiger partial charge >= 0.3 is 0 Å². The van der Waals surface area contributed by atoms with Gasteiger partial charge in [0.05, 0.1) is 0 Å². The quantitative estimate of drug-likeness (QED) is 0.386. The molecular formula is C5H6ClNO2. The summed E-state index contributed by atoms with van der Waals surface area (Å²) in [6.07, 6.45) is 1.10. The molecule has 1 atom stereocenters. The van der Waals surface area contributed by atoms with Gasteiger partial charge in [-0.3, -0.25) is 14.5 Å². The lowest BCUT2D eigenvalue weighted by Gasteiger charge is -2.02. The second kappa shape index (κ2) is 2.35. The highest BCUT2D eigenvalue weighted by Crippen LogP contribution is 2.13. The number of amides is 2. The number of alkyl halides is 1. The Balaban J connectivity index is 2.61. The van der Waals surface area contributed by atoms with Crippen molar-refractivity contribution in [2.75, 3.05) is 6.54 Å². The number of carbonyl (C=O) groups is 2. The van der Waals surface area contributed by atoms with Crippen LogP contribution in [0.4, 0.5) is 0 Å². The second-order valence-electron chi connectivity index (χ2n) is 1.89. The Morgan fingerprint density at radius 2 is 2.44 bits per heavy atom. The summed E-state index contributed by atoms with van der Waals surface area (Å²) in [6, 6.07) is 0. The van der Waals surface area contributed by atoms with Crippen LogP contribution in [0, 0.1) is 0 Å². The fraction of sp³-hybridized carbons (Fsp3) is 0.600. The number of hydrogen-bond acceptors (Lipinski definition) is 2. The molecule has 3 nitrogen and oxygen atoms in total. The first-order chi connectivity index (χ1) is 4.25. The Morgan fingerprint density at radius 3 is 2.67 bits per heavy atom. The molecule has 2 amide bonds. The molecule has 1 unspecified atom stereocenters. The second-order valence-corrected chi connectivity index (χ2v) is 2.42. The van der Waals surface area contributed by atoms with E-state index in [0.29, 0.717) is 19.4 Å². The van der Waals surface area contributed by atoms with Gasteiger partial charge in [-0.2, -0.15) is 0 Å². The third-order valence-corrected chi connectivity index (χ3v) is 1.71. The monoisotopic (exact) mass is 147 g/mol. The highest BCUT2D eigenvalue weighted by atomic mass is 35.5. The van der Waals surface area contributed by atoms with Gasteiger partial charge in [0.2, 0.25) is 12.3 Å². The van der Waals surface area contributed by atoms with E-state index in [1.165, 1.54) is 0 Å². The Kier molecular flexibility index (Phi) is 1.71.